The van der Waals surface area contributed by atoms with Crippen LogP contribution in [0.15, 0.2) is 0 Å². The van der Waals surface area contributed by atoms with Gasteiger partial charge in [-0.1, -0.05) is 0 Å². The van der Waals surface area contributed by atoms with Crippen LogP contribution >= 0.6 is 0 Å². The molecule has 4 atom stereocenters. The lowest BCUT2D eigenvalue weighted by molar-refractivity contribution is -0.142. The topological polar surface area (TPSA) is 63.4 Å². The highest BCUT2D eigenvalue weighted by molar-refractivity contribution is 6.09. The van der Waals surface area contributed by atoms with Crippen molar-refractivity contribution in [2.24, 2.45) is 17.6 Å². The molecule has 64 valence electrons. The average Bonchev–Trinajstić information content (AvgIpc) is 2.84. The third-order valence-electron chi connectivity index (χ3n) is 3.04. The SMILES string of the molecule is NC1CC1N1C(=O)C2CC2C1=O. The van der Waals surface area contributed by atoms with E-state index in [1.54, 1.807) is 0 Å². The van der Waals surface area contributed by atoms with Crippen molar-refractivity contribution in [2.45, 2.75) is 24.9 Å². The summed E-state index contributed by atoms with van der Waals surface area (Å²) in [5.74, 6) is 0.126. The maximum atomic E-state index is 11.4. The zero-order chi connectivity index (χ0) is 8.46. The number of hydrogen-bond acceptors (Lipinski definition) is 3. The van der Waals surface area contributed by atoms with Crippen molar-refractivity contribution in [3.05, 3.63) is 0 Å². The molecule has 4 unspecified atom stereocenters. The first-order chi connectivity index (χ1) is 5.70. The van der Waals surface area contributed by atoms with Gasteiger partial charge in [0.2, 0.25) is 11.8 Å². The monoisotopic (exact) mass is 166 g/mol. The largest absolute Gasteiger partial charge is 0.326 e. The van der Waals surface area contributed by atoms with Gasteiger partial charge < -0.3 is 5.73 Å². The fraction of sp³-hybridized carbons (Fsp3) is 0.750. The number of likely N-dealkylation sites (tertiary alicyclic amines) is 1. The van der Waals surface area contributed by atoms with E-state index < -0.39 is 0 Å². The first kappa shape index (κ1) is 6.60. The van der Waals surface area contributed by atoms with Crippen molar-refractivity contribution in [1.82, 2.24) is 4.90 Å². The summed E-state index contributed by atoms with van der Waals surface area (Å²) >= 11 is 0. The molecule has 3 fully saturated rings. The first-order valence-electron chi connectivity index (χ1n) is 4.32. The van der Waals surface area contributed by atoms with Crippen LogP contribution in [-0.2, 0) is 9.59 Å². The molecule has 1 saturated heterocycles. The van der Waals surface area contributed by atoms with Crippen LogP contribution in [0.1, 0.15) is 12.8 Å². The first-order valence-corrected chi connectivity index (χ1v) is 4.32. The second-order valence-electron chi connectivity index (χ2n) is 3.96. The molecule has 1 heterocycles. The molecule has 2 aliphatic carbocycles. The van der Waals surface area contributed by atoms with E-state index in [0.717, 1.165) is 12.8 Å². The molecule has 3 aliphatic rings. The molecule has 1 aliphatic heterocycles. The van der Waals surface area contributed by atoms with E-state index in [0.29, 0.717) is 0 Å². The normalized spacial score (nSPS) is 49.6. The van der Waals surface area contributed by atoms with Gasteiger partial charge in [0.15, 0.2) is 0 Å². The Hall–Kier alpha value is -0.900. The van der Waals surface area contributed by atoms with Crippen LogP contribution < -0.4 is 5.73 Å². The van der Waals surface area contributed by atoms with Gasteiger partial charge in [-0.05, 0) is 12.8 Å². The predicted molar refractivity (Wildman–Crippen MR) is 39.8 cm³/mol. The summed E-state index contributed by atoms with van der Waals surface area (Å²) in [6, 6.07) is 0.0909. The molecule has 0 bridgehead atoms. The lowest BCUT2D eigenvalue weighted by Crippen LogP contribution is -2.37. The number of nitrogens with zero attached hydrogens (tertiary/aromatic N) is 1. The van der Waals surface area contributed by atoms with Gasteiger partial charge >= 0.3 is 0 Å². The molecule has 0 aromatic rings. The number of rotatable bonds is 1. The minimum atomic E-state index is 0.0305. The van der Waals surface area contributed by atoms with Gasteiger partial charge in [-0.2, -0.15) is 0 Å². The van der Waals surface area contributed by atoms with E-state index in [4.69, 9.17) is 5.73 Å². The fourth-order valence-corrected chi connectivity index (χ4v) is 2.03. The molecule has 0 aromatic carbocycles. The third-order valence-corrected chi connectivity index (χ3v) is 3.04. The summed E-state index contributed by atoms with van der Waals surface area (Å²) in [5.41, 5.74) is 5.58. The Morgan fingerprint density at radius 3 is 2.08 bits per heavy atom. The number of piperidine rings is 1. The summed E-state index contributed by atoms with van der Waals surface area (Å²) in [5, 5.41) is 0. The zero-order valence-corrected chi connectivity index (χ0v) is 6.56. The molecular weight excluding hydrogens is 156 g/mol. The standard InChI is InChI=1S/C8H10N2O2/c9-5-2-6(5)10-7(11)3-1-4(3)8(10)12/h3-6H,1-2,9H2. The van der Waals surface area contributed by atoms with Crippen molar-refractivity contribution in [3.63, 3.8) is 0 Å². The van der Waals surface area contributed by atoms with Crippen molar-refractivity contribution in [3.8, 4) is 0 Å². The molecule has 0 spiro atoms. The Bertz CT molecular complexity index is 269. The second kappa shape index (κ2) is 1.71. The van der Waals surface area contributed by atoms with Gasteiger partial charge in [0.05, 0.1) is 17.9 Å². The van der Waals surface area contributed by atoms with Gasteiger partial charge in [-0.25, -0.2) is 0 Å². The van der Waals surface area contributed by atoms with Crippen molar-refractivity contribution >= 4 is 11.8 Å². The lowest BCUT2D eigenvalue weighted by Gasteiger charge is -2.15. The molecule has 4 nitrogen and oxygen atoms in total. The van der Waals surface area contributed by atoms with Gasteiger partial charge in [0.1, 0.15) is 0 Å². The lowest BCUT2D eigenvalue weighted by atomic mass is 10.4. The van der Waals surface area contributed by atoms with Crippen LogP contribution in [-0.4, -0.2) is 28.8 Å². The molecule has 2 amide bonds. The van der Waals surface area contributed by atoms with Crippen molar-refractivity contribution in [2.75, 3.05) is 0 Å². The average molecular weight is 166 g/mol. The van der Waals surface area contributed by atoms with Crippen LogP contribution in [0.25, 0.3) is 0 Å². The molecule has 3 rings (SSSR count). The Kier molecular flexibility index (Phi) is 0.942. The smallest absolute Gasteiger partial charge is 0.233 e. The van der Waals surface area contributed by atoms with E-state index in [9.17, 15) is 9.59 Å². The van der Waals surface area contributed by atoms with Gasteiger partial charge in [0.25, 0.3) is 0 Å². The molecule has 12 heavy (non-hydrogen) atoms. The number of amides is 2. The molecule has 0 radical (unpaired) electrons. The highest BCUT2D eigenvalue weighted by Crippen LogP contribution is 2.49. The van der Waals surface area contributed by atoms with Crippen LogP contribution in [0.4, 0.5) is 0 Å². The minimum absolute atomic E-state index is 0.0305. The molecular formula is C8H10N2O2. The number of carbonyl (C=O) groups excluding carboxylic acids is 2. The maximum absolute atomic E-state index is 11.4. The highest BCUT2D eigenvalue weighted by Gasteiger charge is 2.62. The number of nitrogens with two attached hydrogens (primary N) is 1. The van der Waals surface area contributed by atoms with Gasteiger partial charge in [-0.15, -0.1) is 0 Å². The van der Waals surface area contributed by atoms with Gasteiger partial charge in [-0.3, -0.25) is 14.5 Å². The van der Waals surface area contributed by atoms with E-state index in [-0.39, 0.29) is 35.7 Å². The number of imide groups is 1. The Labute approximate surface area is 69.7 Å². The summed E-state index contributed by atoms with van der Waals surface area (Å²) in [6.07, 6.45) is 1.59. The molecule has 2 saturated carbocycles. The van der Waals surface area contributed by atoms with Gasteiger partial charge in [0, 0.05) is 6.04 Å². The summed E-state index contributed by atoms with van der Waals surface area (Å²) in [6.45, 7) is 0. The summed E-state index contributed by atoms with van der Waals surface area (Å²) < 4.78 is 0. The minimum Gasteiger partial charge on any atom is -0.326 e. The van der Waals surface area contributed by atoms with E-state index in [1.165, 1.54) is 4.90 Å². The maximum Gasteiger partial charge on any atom is 0.233 e. The molecule has 0 aromatic heterocycles. The van der Waals surface area contributed by atoms with E-state index in [2.05, 4.69) is 0 Å². The summed E-state index contributed by atoms with van der Waals surface area (Å²) in [7, 11) is 0. The molecule has 2 N–H and O–H groups in total. The number of hydrogen-bond donors (Lipinski definition) is 1. The summed E-state index contributed by atoms with van der Waals surface area (Å²) in [4.78, 5) is 24.3. The Morgan fingerprint density at radius 1 is 1.17 bits per heavy atom. The highest BCUT2D eigenvalue weighted by atomic mass is 16.2. The van der Waals surface area contributed by atoms with Crippen LogP contribution in [0.3, 0.4) is 0 Å². The number of carbonyl (C=O) groups is 2. The van der Waals surface area contributed by atoms with Crippen molar-refractivity contribution in [1.29, 1.82) is 0 Å². The molecule has 4 heteroatoms. The zero-order valence-electron chi connectivity index (χ0n) is 6.56. The van der Waals surface area contributed by atoms with Crippen LogP contribution in [0.2, 0.25) is 0 Å². The predicted octanol–water partition coefficient (Wildman–Crippen LogP) is -0.909. The van der Waals surface area contributed by atoms with Crippen LogP contribution in [0, 0.1) is 11.8 Å². The van der Waals surface area contributed by atoms with E-state index in [1.807, 2.05) is 0 Å². The third kappa shape index (κ3) is 0.617. The van der Waals surface area contributed by atoms with Crippen molar-refractivity contribution < 1.29 is 9.59 Å². The number of fused-ring (bicyclic) bond motifs is 1. The fourth-order valence-electron chi connectivity index (χ4n) is 2.03. The van der Waals surface area contributed by atoms with Crippen LogP contribution in [0.5, 0.6) is 0 Å². The second-order valence-corrected chi connectivity index (χ2v) is 3.96. The Balaban J connectivity index is 1.87. The quantitative estimate of drug-likeness (QED) is 0.513. The van der Waals surface area contributed by atoms with E-state index >= 15 is 0 Å². The Morgan fingerprint density at radius 2 is 1.67 bits per heavy atom.